The van der Waals surface area contributed by atoms with Crippen molar-refractivity contribution in [3.05, 3.63) is 11.4 Å². The van der Waals surface area contributed by atoms with Crippen molar-refractivity contribution in [1.29, 1.82) is 0 Å². The Morgan fingerprint density at radius 2 is 2.06 bits per heavy atom. The standard InChI is InChI=1S/C10H18ClN3O2S/c1-7(2)6-14(4)17(15,16)10-8(3)12-13-9(10)5-11/h7H,5-6H2,1-4H3,(H,12,13). The zero-order valence-corrected chi connectivity index (χ0v) is 12.1. The first-order chi connectivity index (χ1) is 7.80. The van der Waals surface area contributed by atoms with Crippen LogP contribution >= 0.6 is 11.6 Å². The molecule has 0 atom stereocenters. The van der Waals surface area contributed by atoms with Crippen molar-refractivity contribution in [2.24, 2.45) is 5.92 Å². The van der Waals surface area contributed by atoms with Crippen molar-refractivity contribution in [1.82, 2.24) is 14.5 Å². The lowest BCUT2D eigenvalue weighted by molar-refractivity contribution is 0.416. The fourth-order valence-electron chi connectivity index (χ4n) is 1.67. The maximum absolute atomic E-state index is 12.3. The predicted molar refractivity (Wildman–Crippen MR) is 67.5 cm³/mol. The monoisotopic (exact) mass is 279 g/mol. The summed E-state index contributed by atoms with van der Waals surface area (Å²) in [5.41, 5.74) is 0.899. The summed E-state index contributed by atoms with van der Waals surface area (Å²) in [7, 11) is -1.94. The van der Waals surface area contributed by atoms with Gasteiger partial charge < -0.3 is 0 Å². The number of nitrogens with zero attached hydrogens (tertiary/aromatic N) is 2. The van der Waals surface area contributed by atoms with E-state index < -0.39 is 10.0 Å². The molecule has 0 amide bonds. The molecule has 0 aliphatic carbocycles. The highest BCUT2D eigenvalue weighted by Crippen LogP contribution is 2.23. The molecule has 1 aromatic rings. The summed E-state index contributed by atoms with van der Waals surface area (Å²) in [6, 6.07) is 0. The minimum atomic E-state index is -3.51. The second-order valence-corrected chi connectivity index (χ2v) is 6.69. The lowest BCUT2D eigenvalue weighted by Gasteiger charge is -2.19. The highest BCUT2D eigenvalue weighted by molar-refractivity contribution is 7.89. The molecule has 1 aromatic heterocycles. The van der Waals surface area contributed by atoms with Gasteiger partial charge in [-0.1, -0.05) is 13.8 Å². The van der Waals surface area contributed by atoms with Gasteiger partial charge in [-0.25, -0.2) is 12.7 Å². The van der Waals surface area contributed by atoms with Gasteiger partial charge in [0.25, 0.3) is 0 Å². The first-order valence-electron chi connectivity index (χ1n) is 5.36. The summed E-state index contributed by atoms with van der Waals surface area (Å²) < 4.78 is 26.0. The van der Waals surface area contributed by atoms with Crippen LogP contribution in [0.25, 0.3) is 0 Å². The van der Waals surface area contributed by atoms with Crippen molar-refractivity contribution in [3.8, 4) is 0 Å². The van der Waals surface area contributed by atoms with E-state index in [2.05, 4.69) is 10.2 Å². The molecular weight excluding hydrogens is 262 g/mol. The Hall–Kier alpha value is -0.590. The lowest BCUT2D eigenvalue weighted by atomic mass is 10.2. The van der Waals surface area contributed by atoms with E-state index in [0.717, 1.165) is 0 Å². The SMILES string of the molecule is Cc1[nH]nc(CCl)c1S(=O)(=O)N(C)CC(C)C. The molecule has 0 saturated carbocycles. The summed E-state index contributed by atoms with van der Waals surface area (Å²) in [5, 5.41) is 6.56. The van der Waals surface area contributed by atoms with Gasteiger partial charge in [-0.05, 0) is 12.8 Å². The van der Waals surface area contributed by atoms with Crippen LogP contribution in [-0.4, -0.2) is 36.5 Å². The third-order valence-corrected chi connectivity index (χ3v) is 4.66. The van der Waals surface area contributed by atoms with Crippen LogP contribution in [0, 0.1) is 12.8 Å². The third kappa shape index (κ3) is 3.00. The predicted octanol–water partition coefficient (Wildman–Crippen LogP) is 1.73. The number of hydrogen-bond acceptors (Lipinski definition) is 3. The molecule has 0 spiro atoms. The van der Waals surface area contributed by atoms with Crippen LogP contribution in [0.3, 0.4) is 0 Å². The molecule has 0 radical (unpaired) electrons. The van der Waals surface area contributed by atoms with Gasteiger partial charge in [0.05, 0.1) is 17.3 Å². The molecule has 5 nitrogen and oxygen atoms in total. The van der Waals surface area contributed by atoms with Crippen LogP contribution in [0.5, 0.6) is 0 Å². The summed E-state index contributed by atoms with van der Waals surface area (Å²) in [6.45, 7) is 6.08. The molecule has 0 bridgehead atoms. The molecule has 0 aliphatic heterocycles. The fraction of sp³-hybridized carbons (Fsp3) is 0.700. The van der Waals surface area contributed by atoms with Crippen molar-refractivity contribution in [2.45, 2.75) is 31.5 Å². The first kappa shape index (κ1) is 14.5. The molecular formula is C10H18ClN3O2S. The van der Waals surface area contributed by atoms with Crippen LogP contribution in [0.1, 0.15) is 25.2 Å². The Morgan fingerprint density at radius 1 is 1.47 bits per heavy atom. The van der Waals surface area contributed by atoms with Gasteiger partial charge in [0.2, 0.25) is 10.0 Å². The Labute approximate surface area is 107 Å². The van der Waals surface area contributed by atoms with E-state index in [-0.39, 0.29) is 16.7 Å². The average Bonchev–Trinajstić information content (AvgIpc) is 2.58. The first-order valence-corrected chi connectivity index (χ1v) is 7.34. The maximum atomic E-state index is 12.3. The van der Waals surface area contributed by atoms with Crippen molar-refractivity contribution < 1.29 is 8.42 Å². The van der Waals surface area contributed by atoms with Crippen LogP contribution in [0.4, 0.5) is 0 Å². The molecule has 0 aromatic carbocycles. The molecule has 1 N–H and O–H groups in total. The minimum Gasteiger partial charge on any atom is -0.281 e. The topological polar surface area (TPSA) is 66.1 Å². The Bertz CT molecular complexity index is 482. The number of hydrogen-bond donors (Lipinski definition) is 1. The highest BCUT2D eigenvalue weighted by Gasteiger charge is 2.28. The number of halogens is 1. The normalized spacial score (nSPS) is 12.6. The van der Waals surface area contributed by atoms with Gasteiger partial charge in [0.1, 0.15) is 4.90 Å². The van der Waals surface area contributed by atoms with Crippen molar-refractivity contribution in [2.75, 3.05) is 13.6 Å². The molecule has 0 fully saturated rings. The van der Waals surface area contributed by atoms with E-state index in [9.17, 15) is 8.42 Å². The summed E-state index contributed by atoms with van der Waals surface area (Å²) in [6.07, 6.45) is 0. The number of sulfonamides is 1. The molecule has 0 saturated heterocycles. The molecule has 0 aliphatic rings. The minimum absolute atomic E-state index is 0.0778. The second-order valence-electron chi connectivity index (χ2n) is 4.44. The smallest absolute Gasteiger partial charge is 0.246 e. The number of aryl methyl sites for hydroxylation is 1. The fourth-order valence-corrected chi connectivity index (χ4v) is 3.60. The third-order valence-electron chi connectivity index (χ3n) is 2.38. The molecule has 98 valence electrons. The van der Waals surface area contributed by atoms with Crippen LogP contribution in [0.2, 0.25) is 0 Å². The molecule has 7 heteroatoms. The van der Waals surface area contributed by atoms with E-state index in [1.54, 1.807) is 14.0 Å². The summed E-state index contributed by atoms with van der Waals surface area (Å²) in [4.78, 5) is 0.204. The van der Waals surface area contributed by atoms with Crippen LogP contribution in [-0.2, 0) is 15.9 Å². The number of alkyl halides is 1. The maximum Gasteiger partial charge on any atom is 0.246 e. The largest absolute Gasteiger partial charge is 0.281 e. The number of H-pyrrole nitrogens is 1. The van der Waals surface area contributed by atoms with Crippen molar-refractivity contribution >= 4 is 21.6 Å². The van der Waals surface area contributed by atoms with Gasteiger partial charge in [-0.15, -0.1) is 11.6 Å². The van der Waals surface area contributed by atoms with Gasteiger partial charge in [0, 0.05) is 13.6 Å². The molecule has 1 heterocycles. The van der Waals surface area contributed by atoms with Crippen LogP contribution in [0.15, 0.2) is 4.90 Å². The van der Waals surface area contributed by atoms with Gasteiger partial charge in [0.15, 0.2) is 0 Å². The summed E-state index contributed by atoms with van der Waals surface area (Å²) in [5.74, 6) is 0.343. The number of nitrogens with one attached hydrogen (secondary N) is 1. The zero-order chi connectivity index (χ0) is 13.2. The molecule has 0 unspecified atom stereocenters. The zero-order valence-electron chi connectivity index (χ0n) is 10.5. The molecule has 1 rings (SSSR count). The van der Waals surface area contributed by atoms with Crippen molar-refractivity contribution in [3.63, 3.8) is 0 Å². The quantitative estimate of drug-likeness (QED) is 0.835. The Balaban J connectivity index is 3.17. The Kier molecular flexibility index (Phi) is 4.57. The summed E-state index contributed by atoms with van der Waals surface area (Å²) >= 11 is 5.70. The average molecular weight is 280 g/mol. The highest BCUT2D eigenvalue weighted by atomic mass is 35.5. The Morgan fingerprint density at radius 3 is 2.53 bits per heavy atom. The van der Waals surface area contributed by atoms with Gasteiger partial charge in [-0.2, -0.15) is 5.10 Å². The molecule has 17 heavy (non-hydrogen) atoms. The van der Waals surface area contributed by atoms with E-state index in [1.165, 1.54) is 4.31 Å². The van der Waals surface area contributed by atoms with Gasteiger partial charge >= 0.3 is 0 Å². The van der Waals surface area contributed by atoms with E-state index in [4.69, 9.17) is 11.6 Å². The van der Waals surface area contributed by atoms with Gasteiger partial charge in [-0.3, -0.25) is 5.10 Å². The second kappa shape index (κ2) is 5.37. The van der Waals surface area contributed by atoms with Crippen LogP contribution < -0.4 is 0 Å². The van der Waals surface area contributed by atoms with E-state index in [1.807, 2.05) is 13.8 Å². The van der Waals surface area contributed by atoms with E-state index in [0.29, 0.717) is 17.9 Å². The number of aromatic amines is 1. The number of rotatable bonds is 5. The lowest BCUT2D eigenvalue weighted by Crippen LogP contribution is -2.31. The number of aromatic nitrogens is 2. The van der Waals surface area contributed by atoms with E-state index >= 15 is 0 Å².